The van der Waals surface area contributed by atoms with Gasteiger partial charge < -0.3 is 10.1 Å². The summed E-state index contributed by atoms with van der Waals surface area (Å²) in [6, 6.07) is 2.02. The Morgan fingerprint density at radius 2 is 2.00 bits per heavy atom. The van der Waals surface area contributed by atoms with E-state index in [1.54, 1.807) is 7.11 Å². The lowest BCUT2D eigenvalue weighted by molar-refractivity contribution is 0.0769. The molecule has 4 heteroatoms. The van der Waals surface area contributed by atoms with Crippen LogP contribution in [0.25, 0.3) is 0 Å². The zero-order chi connectivity index (χ0) is 13.3. The summed E-state index contributed by atoms with van der Waals surface area (Å²) in [5.74, 6) is 2.28. The number of hydrogen-bond donors (Lipinski definition) is 1. The van der Waals surface area contributed by atoms with Crippen molar-refractivity contribution in [3.05, 3.63) is 17.6 Å². The molecule has 0 aliphatic heterocycles. The van der Waals surface area contributed by atoms with Gasteiger partial charge in [0.2, 0.25) is 0 Å². The third kappa shape index (κ3) is 2.80. The highest BCUT2D eigenvalue weighted by Crippen LogP contribution is 2.42. The first-order chi connectivity index (χ1) is 8.45. The minimum atomic E-state index is 0.0190. The number of hydrogen-bond acceptors (Lipinski definition) is 4. The molecular weight excluding hydrogens is 226 g/mol. The van der Waals surface area contributed by atoms with E-state index in [4.69, 9.17) is 9.72 Å². The molecule has 1 aromatic heterocycles. The van der Waals surface area contributed by atoms with Gasteiger partial charge in [-0.15, -0.1) is 0 Å². The average Bonchev–Trinajstić information content (AvgIpc) is 3.13. The van der Waals surface area contributed by atoms with Crippen LogP contribution in [0.5, 0.6) is 0 Å². The van der Waals surface area contributed by atoms with E-state index in [1.165, 1.54) is 12.8 Å². The zero-order valence-corrected chi connectivity index (χ0v) is 11.9. The molecular formula is C14H23N3O. The Bertz CT molecular complexity index is 422. The Kier molecular flexibility index (Phi) is 3.57. The summed E-state index contributed by atoms with van der Waals surface area (Å²) in [5, 5.41) is 3.11. The van der Waals surface area contributed by atoms with Gasteiger partial charge in [0.05, 0.1) is 5.69 Å². The third-order valence-electron chi connectivity index (χ3n) is 3.33. The molecule has 1 aliphatic carbocycles. The molecule has 1 heterocycles. The first-order valence-corrected chi connectivity index (χ1v) is 6.55. The van der Waals surface area contributed by atoms with Crippen LogP contribution >= 0.6 is 0 Å². The lowest BCUT2D eigenvalue weighted by Gasteiger charge is -2.21. The van der Waals surface area contributed by atoms with Crippen LogP contribution in [-0.4, -0.2) is 24.1 Å². The highest BCUT2D eigenvalue weighted by atomic mass is 16.5. The van der Waals surface area contributed by atoms with Gasteiger partial charge in [0.15, 0.2) is 5.82 Å². The Balaban J connectivity index is 2.39. The second-order valence-electron chi connectivity index (χ2n) is 5.99. The number of ether oxygens (including phenoxy) is 1. The van der Waals surface area contributed by atoms with E-state index in [-0.39, 0.29) is 11.5 Å². The van der Waals surface area contributed by atoms with Crippen molar-refractivity contribution in [2.45, 2.75) is 45.1 Å². The molecule has 0 radical (unpaired) electrons. The predicted molar refractivity (Wildman–Crippen MR) is 72.8 cm³/mol. The second kappa shape index (κ2) is 4.84. The molecule has 1 fully saturated rings. The van der Waals surface area contributed by atoms with Crippen LogP contribution in [0.4, 0.5) is 5.82 Å². The van der Waals surface area contributed by atoms with Gasteiger partial charge in [-0.05, 0) is 18.8 Å². The summed E-state index contributed by atoms with van der Waals surface area (Å²) >= 11 is 0. The lowest BCUT2D eigenvalue weighted by atomic mass is 9.91. The van der Waals surface area contributed by atoms with Gasteiger partial charge in [-0.25, -0.2) is 9.97 Å². The predicted octanol–water partition coefficient (Wildman–Crippen LogP) is 2.91. The molecule has 0 bridgehead atoms. The highest BCUT2D eigenvalue weighted by Gasteiger charge is 2.35. The standard InChI is InChI=1S/C14H23N3O/c1-14(2,3)10-8-11(15-4)17-13(16-10)12(18-5)9-6-7-9/h8-9,12H,6-7H2,1-5H3,(H,15,16,17). The van der Waals surface area contributed by atoms with Gasteiger partial charge in [-0.1, -0.05) is 20.8 Å². The fourth-order valence-corrected chi connectivity index (χ4v) is 2.01. The number of anilines is 1. The molecule has 100 valence electrons. The van der Waals surface area contributed by atoms with E-state index in [0.29, 0.717) is 5.92 Å². The summed E-state index contributed by atoms with van der Waals surface area (Å²) < 4.78 is 5.57. The monoisotopic (exact) mass is 249 g/mol. The number of methoxy groups -OCH3 is 1. The molecule has 1 N–H and O–H groups in total. The Morgan fingerprint density at radius 1 is 1.33 bits per heavy atom. The van der Waals surface area contributed by atoms with E-state index in [2.05, 4.69) is 31.1 Å². The van der Waals surface area contributed by atoms with Gasteiger partial charge in [0.25, 0.3) is 0 Å². The smallest absolute Gasteiger partial charge is 0.160 e. The number of aromatic nitrogens is 2. The highest BCUT2D eigenvalue weighted by molar-refractivity contribution is 5.37. The first kappa shape index (κ1) is 13.3. The van der Waals surface area contributed by atoms with Crippen LogP contribution in [0, 0.1) is 5.92 Å². The van der Waals surface area contributed by atoms with Crippen molar-refractivity contribution >= 4 is 5.82 Å². The van der Waals surface area contributed by atoms with Crippen LogP contribution in [-0.2, 0) is 10.2 Å². The van der Waals surface area contributed by atoms with E-state index < -0.39 is 0 Å². The van der Waals surface area contributed by atoms with Crippen molar-refractivity contribution < 1.29 is 4.74 Å². The van der Waals surface area contributed by atoms with Crippen molar-refractivity contribution in [1.29, 1.82) is 0 Å². The van der Waals surface area contributed by atoms with Crippen molar-refractivity contribution in [3.63, 3.8) is 0 Å². The molecule has 18 heavy (non-hydrogen) atoms. The van der Waals surface area contributed by atoms with Crippen molar-refractivity contribution in [2.75, 3.05) is 19.5 Å². The molecule has 1 saturated carbocycles. The lowest BCUT2D eigenvalue weighted by Crippen LogP contribution is -2.19. The number of rotatable bonds is 4. The largest absolute Gasteiger partial charge is 0.373 e. The summed E-state index contributed by atoms with van der Waals surface area (Å²) in [6.07, 6.45) is 2.48. The molecule has 0 amide bonds. The molecule has 2 rings (SSSR count). The maximum Gasteiger partial charge on any atom is 0.160 e. The van der Waals surface area contributed by atoms with E-state index in [0.717, 1.165) is 17.3 Å². The van der Waals surface area contributed by atoms with Gasteiger partial charge in [0.1, 0.15) is 11.9 Å². The van der Waals surface area contributed by atoms with E-state index in [9.17, 15) is 0 Å². The Labute approximate surface area is 109 Å². The Hall–Kier alpha value is -1.16. The maximum absolute atomic E-state index is 5.57. The van der Waals surface area contributed by atoms with E-state index in [1.807, 2.05) is 13.1 Å². The summed E-state index contributed by atoms with van der Waals surface area (Å²) in [5.41, 5.74) is 1.07. The number of nitrogens with one attached hydrogen (secondary N) is 1. The Morgan fingerprint density at radius 3 is 2.44 bits per heavy atom. The summed E-state index contributed by atoms with van der Waals surface area (Å²) in [6.45, 7) is 6.49. The van der Waals surface area contributed by atoms with Crippen LogP contribution < -0.4 is 5.32 Å². The maximum atomic E-state index is 5.57. The van der Waals surface area contributed by atoms with Crippen molar-refractivity contribution in [3.8, 4) is 0 Å². The molecule has 1 aliphatic rings. The van der Waals surface area contributed by atoms with Crippen LogP contribution in [0.15, 0.2) is 6.07 Å². The summed E-state index contributed by atoms with van der Waals surface area (Å²) in [4.78, 5) is 9.26. The average molecular weight is 249 g/mol. The molecule has 1 atom stereocenters. The second-order valence-corrected chi connectivity index (χ2v) is 5.99. The van der Waals surface area contributed by atoms with Crippen LogP contribution in [0.3, 0.4) is 0 Å². The third-order valence-corrected chi connectivity index (χ3v) is 3.33. The molecule has 1 aromatic rings. The van der Waals surface area contributed by atoms with Crippen molar-refractivity contribution in [1.82, 2.24) is 9.97 Å². The fourth-order valence-electron chi connectivity index (χ4n) is 2.01. The van der Waals surface area contributed by atoms with Gasteiger partial charge >= 0.3 is 0 Å². The van der Waals surface area contributed by atoms with Crippen LogP contribution in [0.2, 0.25) is 0 Å². The van der Waals surface area contributed by atoms with Gasteiger partial charge in [-0.2, -0.15) is 0 Å². The number of nitrogens with zero attached hydrogens (tertiary/aromatic N) is 2. The molecule has 4 nitrogen and oxygen atoms in total. The molecule has 0 saturated heterocycles. The minimum Gasteiger partial charge on any atom is -0.373 e. The van der Waals surface area contributed by atoms with Crippen LogP contribution in [0.1, 0.15) is 51.2 Å². The first-order valence-electron chi connectivity index (χ1n) is 6.55. The SMILES string of the molecule is CNc1cc(C(C)(C)C)nc(C(OC)C2CC2)n1. The van der Waals surface area contributed by atoms with Gasteiger partial charge in [0, 0.05) is 25.6 Å². The normalized spacial score (nSPS) is 17.6. The fraction of sp³-hybridized carbons (Fsp3) is 0.714. The minimum absolute atomic E-state index is 0.0190. The molecule has 0 spiro atoms. The van der Waals surface area contributed by atoms with E-state index >= 15 is 0 Å². The molecule has 1 unspecified atom stereocenters. The quantitative estimate of drug-likeness (QED) is 0.891. The van der Waals surface area contributed by atoms with Gasteiger partial charge in [-0.3, -0.25) is 0 Å². The molecule has 0 aromatic carbocycles. The van der Waals surface area contributed by atoms with Crippen molar-refractivity contribution in [2.24, 2.45) is 5.92 Å². The zero-order valence-electron chi connectivity index (χ0n) is 11.9. The topological polar surface area (TPSA) is 47.0 Å². The summed E-state index contributed by atoms with van der Waals surface area (Å²) in [7, 11) is 3.63.